The van der Waals surface area contributed by atoms with Crippen LogP contribution in [0.5, 0.6) is 11.5 Å². The Labute approximate surface area is 209 Å². The van der Waals surface area contributed by atoms with Gasteiger partial charge in [-0.15, -0.1) is 0 Å². The number of aryl methyl sites for hydroxylation is 1. The van der Waals surface area contributed by atoms with Crippen LogP contribution in [0.15, 0.2) is 70.2 Å². The number of carbonyl (C=O) groups is 2. The second kappa shape index (κ2) is 11.7. The minimum Gasteiger partial charge on any atom is -0.493 e. The van der Waals surface area contributed by atoms with E-state index in [2.05, 4.69) is 31.8 Å². The molecule has 0 aliphatic carbocycles. The fourth-order valence-electron chi connectivity index (χ4n) is 3.00. The first-order valence-electron chi connectivity index (χ1n) is 10.2. The van der Waals surface area contributed by atoms with Crippen LogP contribution in [-0.4, -0.2) is 36.7 Å². The number of rotatable bonds is 9. The van der Waals surface area contributed by atoms with Crippen LogP contribution in [0.4, 0.5) is 11.4 Å². The molecule has 2 amide bonds. The van der Waals surface area contributed by atoms with Crippen molar-refractivity contribution in [3.05, 3.63) is 91.9 Å². The number of hydrogen-bond acceptors (Lipinski definition) is 7. The predicted octanol–water partition coefficient (Wildman–Crippen LogP) is 4.46. The molecular weight excluding hydrogens is 520 g/mol. The van der Waals surface area contributed by atoms with Gasteiger partial charge in [0, 0.05) is 23.4 Å². The molecule has 0 heterocycles. The number of anilines is 1. The highest BCUT2D eigenvalue weighted by Gasteiger charge is 2.14. The van der Waals surface area contributed by atoms with E-state index in [1.807, 2.05) is 25.1 Å². The first-order valence-corrected chi connectivity index (χ1v) is 11.0. The van der Waals surface area contributed by atoms with Crippen molar-refractivity contribution in [1.82, 2.24) is 5.43 Å². The summed E-state index contributed by atoms with van der Waals surface area (Å²) in [5.41, 5.74) is 4.47. The molecule has 10 nitrogen and oxygen atoms in total. The Morgan fingerprint density at radius 2 is 1.91 bits per heavy atom. The van der Waals surface area contributed by atoms with E-state index in [1.54, 1.807) is 18.2 Å². The lowest BCUT2D eigenvalue weighted by Crippen LogP contribution is -2.20. The lowest BCUT2D eigenvalue weighted by Gasteiger charge is -2.13. The molecule has 2 N–H and O–H groups in total. The van der Waals surface area contributed by atoms with Crippen molar-refractivity contribution in [2.45, 2.75) is 6.92 Å². The number of ether oxygens (including phenoxy) is 2. The summed E-state index contributed by atoms with van der Waals surface area (Å²) in [6.07, 6.45) is 1.37. The quantitative estimate of drug-likeness (QED) is 0.234. The van der Waals surface area contributed by atoms with E-state index in [9.17, 15) is 19.7 Å². The fourth-order valence-corrected chi connectivity index (χ4v) is 3.58. The average molecular weight is 541 g/mol. The number of nitrogens with zero attached hydrogens (tertiary/aromatic N) is 2. The number of nitrogens with one attached hydrogen (secondary N) is 2. The average Bonchev–Trinajstić information content (AvgIpc) is 2.83. The number of hydrazone groups is 1. The highest BCUT2D eigenvalue weighted by Crippen LogP contribution is 2.36. The van der Waals surface area contributed by atoms with E-state index in [4.69, 9.17) is 9.47 Å². The minimum absolute atomic E-state index is 0.0998. The second-order valence-corrected chi connectivity index (χ2v) is 8.10. The maximum atomic E-state index is 12.3. The van der Waals surface area contributed by atoms with Crippen LogP contribution < -0.4 is 20.2 Å². The van der Waals surface area contributed by atoms with E-state index < -0.39 is 10.8 Å². The normalized spacial score (nSPS) is 10.6. The van der Waals surface area contributed by atoms with Gasteiger partial charge in [-0.2, -0.15) is 5.10 Å². The summed E-state index contributed by atoms with van der Waals surface area (Å²) in [5.74, 6) is -0.270. The highest BCUT2D eigenvalue weighted by atomic mass is 79.9. The lowest BCUT2D eigenvalue weighted by molar-refractivity contribution is -0.384. The summed E-state index contributed by atoms with van der Waals surface area (Å²) >= 11 is 3.39. The predicted molar refractivity (Wildman–Crippen MR) is 134 cm³/mol. The molecule has 35 heavy (non-hydrogen) atoms. The molecule has 0 aliphatic heterocycles. The van der Waals surface area contributed by atoms with Crippen LogP contribution in [0.2, 0.25) is 0 Å². The SMILES string of the molecule is COc1cc(/C=N/NC(=O)c2cccc([N+](=O)[O-])c2)cc(Br)c1OCC(=O)Nc1cccc(C)c1. The number of methoxy groups -OCH3 is 1. The summed E-state index contributed by atoms with van der Waals surface area (Å²) in [5, 5.41) is 17.5. The molecule has 0 saturated heterocycles. The van der Waals surface area contributed by atoms with Gasteiger partial charge in [-0.1, -0.05) is 18.2 Å². The first kappa shape index (κ1) is 25.4. The monoisotopic (exact) mass is 540 g/mol. The van der Waals surface area contributed by atoms with Crippen LogP contribution in [0.25, 0.3) is 0 Å². The van der Waals surface area contributed by atoms with Crippen LogP contribution in [-0.2, 0) is 4.79 Å². The second-order valence-electron chi connectivity index (χ2n) is 7.25. The maximum Gasteiger partial charge on any atom is 0.271 e. The number of nitro benzene ring substituents is 1. The molecule has 0 atom stereocenters. The summed E-state index contributed by atoms with van der Waals surface area (Å²) in [7, 11) is 1.45. The van der Waals surface area contributed by atoms with Crippen molar-refractivity contribution < 1.29 is 24.0 Å². The third kappa shape index (κ3) is 7.11. The molecule has 3 rings (SSSR count). The zero-order valence-electron chi connectivity index (χ0n) is 18.8. The number of halogens is 1. The molecule has 0 spiro atoms. The van der Waals surface area contributed by atoms with Gasteiger partial charge >= 0.3 is 0 Å². The molecular formula is C24H21BrN4O6. The van der Waals surface area contributed by atoms with Gasteiger partial charge in [0.05, 0.1) is 22.7 Å². The number of nitro groups is 1. The van der Waals surface area contributed by atoms with Gasteiger partial charge in [0.25, 0.3) is 17.5 Å². The summed E-state index contributed by atoms with van der Waals surface area (Å²) in [4.78, 5) is 34.8. The van der Waals surface area contributed by atoms with Crippen molar-refractivity contribution in [3.63, 3.8) is 0 Å². The van der Waals surface area contributed by atoms with E-state index in [0.29, 0.717) is 27.2 Å². The van der Waals surface area contributed by atoms with Gasteiger partial charge in [0.1, 0.15) is 0 Å². The summed E-state index contributed by atoms with van der Waals surface area (Å²) in [6, 6.07) is 16.0. The minimum atomic E-state index is -0.601. The Kier molecular flexibility index (Phi) is 8.52. The molecule has 3 aromatic rings. The van der Waals surface area contributed by atoms with Gasteiger partial charge < -0.3 is 14.8 Å². The molecule has 3 aromatic carbocycles. The molecule has 0 unspecified atom stereocenters. The molecule has 0 bridgehead atoms. The number of non-ortho nitro benzene ring substituents is 1. The molecule has 0 aromatic heterocycles. The Hall–Kier alpha value is -4.25. The first-order chi connectivity index (χ1) is 16.8. The summed E-state index contributed by atoms with van der Waals surface area (Å²) < 4.78 is 11.5. The van der Waals surface area contributed by atoms with Crippen LogP contribution >= 0.6 is 15.9 Å². The Morgan fingerprint density at radius 3 is 2.63 bits per heavy atom. The molecule has 0 fully saturated rings. The van der Waals surface area contributed by atoms with Crippen LogP contribution in [0, 0.1) is 17.0 Å². The van der Waals surface area contributed by atoms with Crippen molar-refractivity contribution in [2.24, 2.45) is 5.10 Å². The number of amides is 2. The van der Waals surface area contributed by atoms with E-state index in [-0.39, 0.29) is 23.8 Å². The third-order valence-corrected chi connectivity index (χ3v) is 5.19. The zero-order valence-corrected chi connectivity index (χ0v) is 20.4. The number of benzene rings is 3. The zero-order chi connectivity index (χ0) is 25.4. The molecule has 0 saturated carbocycles. The highest BCUT2D eigenvalue weighted by molar-refractivity contribution is 9.10. The molecule has 180 valence electrons. The lowest BCUT2D eigenvalue weighted by atomic mass is 10.2. The third-order valence-electron chi connectivity index (χ3n) is 4.60. The Morgan fingerprint density at radius 1 is 1.14 bits per heavy atom. The standard InChI is InChI=1S/C24H21BrN4O6/c1-15-5-3-7-18(9-15)27-22(30)14-35-23-20(25)10-16(11-21(23)34-2)13-26-28-24(31)17-6-4-8-19(12-17)29(32)33/h3-13H,14H2,1-2H3,(H,27,30)(H,28,31)/b26-13+. The van der Waals surface area contributed by atoms with Crippen molar-refractivity contribution in [2.75, 3.05) is 19.0 Å². The van der Waals surface area contributed by atoms with Crippen molar-refractivity contribution >= 4 is 45.3 Å². The molecule has 0 radical (unpaired) electrons. The van der Waals surface area contributed by atoms with E-state index in [0.717, 1.165) is 11.6 Å². The molecule has 0 aliphatic rings. The summed E-state index contributed by atoms with van der Waals surface area (Å²) in [6.45, 7) is 1.69. The largest absolute Gasteiger partial charge is 0.493 e. The van der Waals surface area contributed by atoms with E-state index >= 15 is 0 Å². The number of hydrogen-bond donors (Lipinski definition) is 2. The van der Waals surface area contributed by atoms with Gasteiger partial charge in [-0.25, -0.2) is 5.43 Å². The topological polar surface area (TPSA) is 132 Å². The van der Waals surface area contributed by atoms with E-state index in [1.165, 1.54) is 31.5 Å². The Bertz CT molecular complexity index is 1290. The van der Waals surface area contributed by atoms with Gasteiger partial charge in [0.2, 0.25) is 0 Å². The van der Waals surface area contributed by atoms with Gasteiger partial charge in [-0.05, 0) is 64.3 Å². The Balaban J connectivity index is 1.64. The van der Waals surface area contributed by atoms with Gasteiger partial charge in [0.15, 0.2) is 18.1 Å². The van der Waals surface area contributed by atoms with Crippen LogP contribution in [0.1, 0.15) is 21.5 Å². The number of carbonyl (C=O) groups excluding carboxylic acids is 2. The van der Waals surface area contributed by atoms with Crippen LogP contribution in [0.3, 0.4) is 0 Å². The fraction of sp³-hybridized carbons (Fsp3) is 0.125. The van der Waals surface area contributed by atoms with Crippen molar-refractivity contribution in [1.29, 1.82) is 0 Å². The van der Waals surface area contributed by atoms with Crippen molar-refractivity contribution in [3.8, 4) is 11.5 Å². The van der Waals surface area contributed by atoms with Gasteiger partial charge in [-0.3, -0.25) is 19.7 Å². The smallest absolute Gasteiger partial charge is 0.271 e. The molecule has 11 heteroatoms. The maximum absolute atomic E-state index is 12.3.